The average Bonchev–Trinajstić information content (AvgIpc) is 3.06. The molecule has 154 valence electrons. The summed E-state index contributed by atoms with van der Waals surface area (Å²) in [5, 5.41) is 3.16. The van der Waals surface area contributed by atoms with Gasteiger partial charge in [-0.15, -0.1) is 0 Å². The largest absolute Gasteiger partial charge is 0.458 e. The summed E-state index contributed by atoms with van der Waals surface area (Å²) in [4.78, 5) is 25.0. The van der Waals surface area contributed by atoms with Gasteiger partial charge in [-0.05, 0) is 73.8 Å². The van der Waals surface area contributed by atoms with E-state index >= 15 is 0 Å². The van der Waals surface area contributed by atoms with Crippen molar-refractivity contribution in [1.82, 2.24) is 0 Å². The maximum Gasteiger partial charge on any atom is 0.330 e. The molecule has 3 saturated carbocycles. The topological polar surface area (TPSA) is 55.4 Å². The SMILES string of the molecule is C[C@]12C=CC(=O)OC1CC[C@@H]1[C@H]2CC[C@]2(C)C(C(=O)Nc3ccccc3)CC[C@@H]12. The minimum absolute atomic E-state index is 0.0178. The Hall–Kier alpha value is -2.10. The monoisotopic (exact) mass is 393 g/mol. The first kappa shape index (κ1) is 18.9. The zero-order chi connectivity index (χ0) is 20.2. The second-order valence-corrected chi connectivity index (χ2v) is 10.1. The van der Waals surface area contributed by atoms with Crippen LogP contribution in [0.4, 0.5) is 5.69 Å². The van der Waals surface area contributed by atoms with E-state index in [1.54, 1.807) is 6.08 Å². The third-order valence-electron chi connectivity index (χ3n) is 8.89. The Kier molecular flexibility index (Phi) is 4.38. The predicted octanol–water partition coefficient (Wildman–Crippen LogP) is 4.97. The Morgan fingerprint density at radius 2 is 1.83 bits per heavy atom. The van der Waals surface area contributed by atoms with Gasteiger partial charge >= 0.3 is 5.97 Å². The van der Waals surface area contributed by atoms with Gasteiger partial charge in [-0.2, -0.15) is 0 Å². The Balaban J connectivity index is 1.38. The lowest BCUT2D eigenvalue weighted by molar-refractivity contribution is -0.167. The highest BCUT2D eigenvalue weighted by atomic mass is 16.5. The molecule has 5 rings (SSSR count). The van der Waals surface area contributed by atoms with Crippen LogP contribution in [0.3, 0.4) is 0 Å². The Morgan fingerprint density at radius 1 is 1.03 bits per heavy atom. The van der Waals surface area contributed by atoms with Crippen molar-refractivity contribution in [2.75, 3.05) is 5.32 Å². The number of hydrogen-bond acceptors (Lipinski definition) is 3. The van der Waals surface area contributed by atoms with Gasteiger partial charge in [0.25, 0.3) is 0 Å². The van der Waals surface area contributed by atoms with E-state index in [2.05, 4.69) is 25.2 Å². The summed E-state index contributed by atoms with van der Waals surface area (Å²) in [7, 11) is 0. The summed E-state index contributed by atoms with van der Waals surface area (Å²) >= 11 is 0. The van der Waals surface area contributed by atoms with Gasteiger partial charge in [-0.3, -0.25) is 4.79 Å². The van der Waals surface area contributed by atoms with E-state index in [1.807, 2.05) is 30.3 Å². The molecule has 1 aromatic rings. The number of ether oxygens (including phenoxy) is 1. The summed E-state index contributed by atoms with van der Waals surface area (Å²) < 4.78 is 5.71. The van der Waals surface area contributed by atoms with Crippen LogP contribution >= 0.6 is 0 Å². The number of para-hydroxylation sites is 1. The number of carbonyl (C=O) groups excluding carboxylic acids is 2. The molecule has 4 nitrogen and oxygen atoms in total. The van der Waals surface area contributed by atoms with E-state index in [1.165, 1.54) is 0 Å². The zero-order valence-corrected chi connectivity index (χ0v) is 17.4. The lowest BCUT2D eigenvalue weighted by atomic mass is 9.48. The molecule has 3 fully saturated rings. The first-order chi connectivity index (χ1) is 13.9. The number of benzene rings is 1. The number of amides is 1. The molecule has 1 N–H and O–H groups in total. The van der Waals surface area contributed by atoms with Crippen LogP contribution in [0.1, 0.15) is 52.4 Å². The molecule has 0 radical (unpaired) electrons. The molecule has 29 heavy (non-hydrogen) atoms. The van der Waals surface area contributed by atoms with Crippen molar-refractivity contribution in [1.29, 1.82) is 0 Å². The van der Waals surface area contributed by atoms with E-state index in [0.29, 0.717) is 17.8 Å². The quantitative estimate of drug-likeness (QED) is 0.722. The van der Waals surface area contributed by atoms with Crippen LogP contribution in [0.2, 0.25) is 0 Å². The molecule has 2 unspecified atom stereocenters. The number of hydrogen-bond donors (Lipinski definition) is 1. The molecular weight excluding hydrogens is 362 g/mol. The molecule has 0 aromatic heterocycles. The first-order valence-electron chi connectivity index (χ1n) is 11.2. The maximum absolute atomic E-state index is 13.2. The second kappa shape index (κ2) is 6.72. The fourth-order valence-electron chi connectivity index (χ4n) is 7.38. The average molecular weight is 394 g/mol. The van der Waals surface area contributed by atoms with E-state index in [9.17, 15) is 9.59 Å². The fourth-order valence-corrected chi connectivity index (χ4v) is 7.38. The van der Waals surface area contributed by atoms with Crippen LogP contribution in [-0.4, -0.2) is 18.0 Å². The predicted molar refractivity (Wildman–Crippen MR) is 112 cm³/mol. The molecule has 0 bridgehead atoms. The molecule has 4 heteroatoms. The molecule has 3 aliphatic carbocycles. The summed E-state index contributed by atoms with van der Waals surface area (Å²) in [6.07, 6.45) is 10.2. The third-order valence-corrected chi connectivity index (χ3v) is 8.89. The highest BCUT2D eigenvalue weighted by Gasteiger charge is 2.61. The molecule has 4 aliphatic rings. The summed E-state index contributed by atoms with van der Waals surface area (Å²) in [6, 6.07) is 9.82. The van der Waals surface area contributed by atoms with E-state index in [-0.39, 0.29) is 34.7 Å². The minimum Gasteiger partial charge on any atom is -0.458 e. The summed E-state index contributed by atoms with van der Waals surface area (Å²) in [5.41, 5.74) is 0.904. The fraction of sp³-hybridized carbons (Fsp3) is 0.600. The van der Waals surface area contributed by atoms with Crippen molar-refractivity contribution < 1.29 is 14.3 Å². The van der Waals surface area contributed by atoms with Crippen molar-refractivity contribution in [3.8, 4) is 0 Å². The van der Waals surface area contributed by atoms with Gasteiger partial charge in [0, 0.05) is 23.1 Å². The van der Waals surface area contributed by atoms with Crippen LogP contribution < -0.4 is 5.32 Å². The molecule has 1 aromatic carbocycles. The zero-order valence-electron chi connectivity index (χ0n) is 17.4. The smallest absolute Gasteiger partial charge is 0.330 e. The van der Waals surface area contributed by atoms with Gasteiger partial charge in [-0.25, -0.2) is 4.79 Å². The minimum atomic E-state index is -0.190. The number of esters is 1. The van der Waals surface area contributed by atoms with Crippen molar-refractivity contribution in [3.63, 3.8) is 0 Å². The third kappa shape index (κ3) is 2.86. The Bertz CT molecular complexity index is 849. The maximum atomic E-state index is 13.2. The molecule has 0 saturated heterocycles. The van der Waals surface area contributed by atoms with Crippen LogP contribution in [-0.2, 0) is 14.3 Å². The van der Waals surface area contributed by atoms with Crippen LogP contribution in [0.25, 0.3) is 0 Å². The number of carbonyl (C=O) groups is 2. The molecule has 7 atom stereocenters. The van der Waals surface area contributed by atoms with Crippen LogP contribution in [0.15, 0.2) is 42.5 Å². The number of nitrogens with one attached hydrogen (secondary N) is 1. The summed E-state index contributed by atoms with van der Waals surface area (Å²) in [6.45, 7) is 4.65. The van der Waals surface area contributed by atoms with Crippen molar-refractivity contribution in [3.05, 3.63) is 42.5 Å². The lowest BCUT2D eigenvalue weighted by Gasteiger charge is -2.58. The van der Waals surface area contributed by atoms with Crippen molar-refractivity contribution in [2.24, 2.45) is 34.5 Å². The van der Waals surface area contributed by atoms with Crippen LogP contribution in [0.5, 0.6) is 0 Å². The second-order valence-electron chi connectivity index (χ2n) is 10.1. The summed E-state index contributed by atoms with van der Waals surface area (Å²) in [5.74, 6) is 1.82. The molecule has 0 spiro atoms. The van der Waals surface area contributed by atoms with E-state index < -0.39 is 0 Å². The normalized spacial score (nSPS) is 43.0. The van der Waals surface area contributed by atoms with Gasteiger partial charge in [0.1, 0.15) is 6.10 Å². The highest BCUT2D eigenvalue weighted by molar-refractivity contribution is 5.93. The first-order valence-corrected chi connectivity index (χ1v) is 11.2. The Labute approximate surface area is 173 Å². The number of anilines is 1. The van der Waals surface area contributed by atoms with Crippen LogP contribution in [0, 0.1) is 34.5 Å². The van der Waals surface area contributed by atoms with Gasteiger partial charge in [0.15, 0.2) is 0 Å². The van der Waals surface area contributed by atoms with Gasteiger partial charge in [-0.1, -0.05) is 38.1 Å². The molecule has 1 aliphatic heterocycles. The Morgan fingerprint density at radius 3 is 2.62 bits per heavy atom. The van der Waals surface area contributed by atoms with E-state index in [0.717, 1.165) is 44.2 Å². The van der Waals surface area contributed by atoms with Crippen molar-refractivity contribution >= 4 is 17.6 Å². The molecular formula is C25H31NO3. The number of rotatable bonds is 2. The highest BCUT2D eigenvalue weighted by Crippen LogP contribution is 2.65. The van der Waals surface area contributed by atoms with Gasteiger partial charge < -0.3 is 10.1 Å². The lowest BCUT2D eigenvalue weighted by Crippen LogP contribution is -2.55. The van der Waals surface area contributed by atoms with Crippen molar-refractivity contribution in [2.45, 2.75) is 58.5 Å². The standard InChI is InChI=1S/C25H31NO3/c1-24-14-12-19-17(8-11-21-25(19,2)15-13-22(27)29-21)18(24)9-10-20(24)23(28)26-16-6-4-3-5-7-16/h3-7,13,15,17-21H,8-12,14H2,1-2H3,(H,26,28)/t17-,18-,19+,20?,21?,24-,25+/m0/s1. The molecule has 1 heterocycles. The van der Waals surface area contributed by atoms with Gasteiger partial charge in [0.2, 0.25) is 5.91 Å². The number of fused-ring (bicyclic) bond motifs is 5. The van der Waals surface area contributed by atoms with E-state index in [4.69, 9.17) is 4.74 Å². The van der Waals surface area contributed by atoms with Gasteiger partial charge in [0.05, 0.1) is 0 Å². The molecule has 1 amide bonds.